The minimum atomic E-state index is -0.422. The van der Waals surface area contributed by atoms with E-state index in [1.54, 1.807) is 0 Å². The predicted octanol–water partition coefficient (Wildman–Crippen LogP) is 5.69. The number of aromatic nitrogens is 2. The van der Waals surface area contributed by atoms with Crippen LogP contribution in [0.15, 0.2) is 57.7 Å². The fourth-order valence-corrected chi connectivity index (χ4v) is 4.16. The summed E-state index contributed by atoms with van der Waals surface area (Å²) >= 11 is 1.30. The molecule has 0 saturated carbocycles. The van der Waals surface area contributed by atoms with E-state index in [9.17, 15) is 4.79 Å². The Hall–Kier alpha value is -3.39. The Kier molecular flexibility index (Phi) is 6.70. The Bertz CT molecular complexity index is 1250. The first-order valence-corrected chi connectivity index (χ1v) is 11.6. The zero-order valence-electron chi connectivity index (χ0n) is 18.4. The van der Waals surface area contributed by atoms with Gasteiger partial charge in [-0.25, -0.2) is 4.79 Å². The summed E-state index contributed by atoms with van der Waals surface area (Å²) in [5.41, 5.74) is 2.45. The second-order valence-electron chi connectivity index (χ2n) is 7.25. The third-order valence-corrected chi connectivity index (χ3v) is 5.95. The van der Waals surface area contributed by atoms with Gasteiger partial charge in [0.1, 0.15) is 11.3 Å². The lowest BCUT2D eigenvalue weighted by atomic mass is 10.1. The molecule has 0 amide bonds. The molecule has 4 rings (SSSR count). The van der Waals surface area contributed by atoms with Crippen molar-refractivity contribution in [2.24, 2.45) is 0 Å². The van der Waals surface area contributed by atoms with Crippen LogP contribution >= 0.6 is 11.3 Å². The molecular formula is C24H26N4O3S. The standard InChI is InChI=1S/C24H26N4O3S/c1-4-13-30-19-11-8-17(9-12-19)25-24-27-26-22(32-24)20-14-16-7-10-18(28(5-2)6-3)15-21(16)31-23(20)29/h7-12,14-15H,4-6,13H2,1-3H3,(H,25,27). The van der Waals surface area contributed by atoms with E-state index in [0.717, 1.165) is 42.0 Å². The molecule has 0 aliphatic heterocycles. The van der Waals surface area contributed by atoms with Crippen LogP contribution in [0, 0.1) is 0 Å². The first-order valence-electron chi connectivity index (χ1n) is 10.8. The molecule has 0 spiro atoms. The number of anilines is 3. The first kappa shape index (κ1) is 21.8. The average Bonchev–Trinajstić information content (AvgIpc) is 3.27. The SMILES string of the molecule is CCCOc1ccc(Nc2nnc(-c3cc4ccc(N(CC)CC)cc4oc3=O)s2)cc1. The van der Waals surface area contributed by atoms with E-state index in [0.29, 0.717) is 27.9 Å². The van der Waals surface area contributed by atoms with Crippen molar-refractivity contribution in [3.8, 4) is 16.3 Å². The van der Waals surface area contributed by atoms with Crippen molar-refractivity contribution in [2.45, 2.75) is 27.2 Å². The van der Waals surface area contributed by atoms with Crippen LogP contribution in [0.5, 0.6) is 5.75 Å². The molecule has 0 saturated heterocycles. The highest BCUT2D eigenvalue weighted by atomic mass is 32.1. The molecule has 0 aliphatic rings. The molecule has 0 radical (unpaired) electrons. The molecule has 0 aliphatic carbocycles. The minimum absolute atomic E-state index is 0.405. The zero-order chi connectivity index (χ0) is 22.5. The lowest BCUT2D eigenvalue weighted by Crippen LogP contribution is -2.21. The fourth-order valence-electron chi connectivity index (χ4n) is 3.39. The highest BCUT2D eigenvalue weighted by molar-refractivity contribution is 7.18. The Balaban J connectivity index is 1.55. The van der Waals surface area contributed by atoms with Crippen LogP contribution in [0.1, 0.15) is 27.2 Å². The summed E-state index contributed by atoms with van der Waals surface area (Å²) in [6, 6.07) is 15.4. The van der Waals surface area contributed by atoms with Gasteiger partial charge in [0.05, 0.1) is 12.2 Å². The van der Waals surface area contributed by atoms with Crippen LogP contribution in [0.3, 0.4) is 0 Å². The van der Waals surface area contributed by atoms with Gasteiger partial charge >= 0.3 is 5.63 Å². The molecule has 0 bridgehead atoms. The van der Waals surface area contributed by atoms with Gasteiger partial charge in [-0.05, 0) is 62.7 Å². The van der Waals surface area contributed by atoms with Crippen LogP contribution in [-0.4, -0.2) is 29.9 Å². The van der Waals surface area contributed by atoms with Gasteiger partial charge in [-0.15, -0.1) is 10.2 Å². The number of fused-ring (bicyclic) bond motifs is 1. The van der Waals surface area contributed by atoms with E-state index in [-0.39, 0.29) is 0 Å². The molecule has 8 heteroatoms. The molecule has 0 fully saturated rings. The van der Waals surface area contributed by atoms with Crippen molar-refractivity contribution in [1.82, 2.24) is 10.2 Å². The van der Waals surface area contributed by atoms with Gasteiger partial charge in [-0.1, -0.05) is 18.3 Å². The van der Waals surface area contributed by atoms with Crippen LogP contribution in [0.2, 0.25) is 0 Å². The molecule has 0 atom stereocenters. The summed E-state index contributed by atoms with van der Waals surface area (Å²) in [6.07, 6.45) is 0.966. The van der Waals surface area contributed by atoms with Gasteiger partial charge in [-0.2, -0.15) is 0 Å². The highest BCUT2D eigenvalue weighted by Gasteiger charge is 2.14. The average molecular weight is 451 g/mol. The Morgan fingerprint density at radius 2 is 1.81 bits per heavy atom. The summed E-state index contributed by atoms with van der Waals surface area (Å²) in [4.78, 5) is 14.9. The number of benzene rings is 2. The normalized spacial score (nSPS) is 11.0. The molecule has 4 aromatic rings. The quantitative estimate of drug-likeness (QED) is 0.328. The van der Waals surface area contributed by atoms with Gasteiger partial charge in [0.15, 0.2) is 5.01 Å². The van der Waals surface area contributed by atoms with Gasteiger partial charge in [0.25, 0.3) is 0 Å². The third kappa shape index (κ3) is 4.75. The van der Waals surface area contributed by atoms with Crippen LogP contribution in [0.25, 0.3) is 21.5 Å². The van der Waals surface area contributed by atoms with Crippen LogP contribution < -0.4 is 20.6 Å². The molecular weight excluding hydrogens is 424 g/mol. The molecule has 0 unspecified atom stereocenters. The van der Waals surface area contributed by atoms with Gasteiger partial charge < -0.3 is 19.4 Å². The van der Waals surface area contributed by atoms with Crippen molar-refractivity contribution < 1.29 is 9.15 Å². The van der Waals surface area contributed by atoms with Crippen molar-refractivity contribution >= 4 is 38.8 Å². The Morgan fingerprint density at radius 1 is 1.03 bits per heavy atom. The molecule has 32 heavy (non-hydrogen) atoms. The van der Waals surface area contributed by atoms with Crippen LogP contribution in [-0.2, 0) is 0 Å². The molecule has 7 nitrogen and oxygen atoms in total. The van der Waals surface area contributed by atoms with Gasteiger partial charge in [0.2, 0.25) is 5.13 Å². The van der Waals surface area contributed by atoms with E-state index < -0.39 is 5.63 Å². The molecule has 166 valence electrons. The number of nitrogens with zero attached hydrogens (tertiary/aromatic N) is 3. The van der Waals surface area contributed by atoms with Crippen molar-refractivity contribution in [1.29, 1.82) is 0 Å². The molecule has 1 N–H and O–H groups in total. The Labute approximate surface area is 190 Å². The molecule has 2 heterocycles. The molecule has 2 aromatic carbocycles. The number of rotatable bonds is 9. The first-order chi connectivity index (χ1) is 15.6. The van der Waals surface area contributed by atoms with E-state index >= 15 is 0 Å². The zero-order valence-corrected chi connectivity index (χ0v) is 19.2. The minimum Gasteiger partial charge on any atom is -0.494 e. The smallest absolute Gasteiger partial charge is 0.346 e. The summed E-state index contributed by atoms with van der Waals surface area (Å²) in [6.45, 7) is 8.74. The summed E-state index contributed by atoms with van der Waals surface area (Å²) in [5.74, 6) is 0.827. The summed E-state index contributed by atoms with van der Waals surface area (Å²) < 4.78 is 11.2. The fraction of sp³-hybridized carbons (Fsp3) is 0.292. The number of hydrogen-bond acceptors (Lipinski definition) is 8. The maximum atomic E-state index is 12.7. The number of nitrogens with one attached hydrogen (secondary N) is 1. The lowest BCUT2D eigenvalue weighted by molar-refractivity contribution is 0.317. The lowest BCUT2D eigenvalue weighted by Gasteiger charge is -2.20. The molecule has 2 aromatic heterocycles. The largest absolute Gasteiger partial charge is 0.494 e. The van der Waals surface area contributed by atoms with Crippen LogP contribution in [0.4, 0.5) is 16.5 Å². The predicted molar refractivity (Wildman–Crippen MR) is 130 cm³/mol. The maximum absolute atomic E-state index is 12.7. The van der Waals surface area contributed by atoms with Crippen molar-refractivity contribution in [2.75, 3.05) is 29.9 Å². The van der Waals surface area contributed by atoms with Gasteiger partial charge in [-0.3, -0.25) is 0 Å². The van der Waals surface area contributed by atoms with Crippen molar-refractivity contribution in [3.05, 3.63) is 59.0 Å². The maximum Gasteiger partial charge on any atom is 0.346 e. The summed E-state index contributed by atoms with van der Waals surface area (Å²) in [7, 11) is 0. The second-order valence-corrected chi connectivity index (χ2v) is 8.23. The van der Waals surface area contributed by atoms with E-state index in [1.165, 1.54) is 11.3 Å². The Morgan fingerprint density at radius 3 is 2.53 bits per heavy atom. The highest BCUT2D eigenvalue weighted by Crippen LogP contribution is 2.30. The van der Waals surface area contributed by atoms with E-state index in [4.69, 9.17) is 9.15 Å². The van der Waals surface area contributed by atoms with Crippen molar-refractivity contribution in [3.63, 3.8) is 0 Å². The monoisotopic (exact) mass is 450 g/mol. The third-order valence-electron chi connectivity index (χ3n) is 5.08. The topological polar surface area (TPSA) is 80.5 Å². The number of hydrogen-bond donors (Lipinski definition) is 1. The van der Waals surface area contributed by atoms with E-state index in [2.05, 4.69) is 41.2 Å². The number of ether oxygens (including phenoxy) is 1. The van der Waals surface area contributed by atoms with Gasteiger partial charge in [0, 0.05) is 35.9 Å². The second kappa shape index (κ2) is 9.82. The van der Waals surface area contributed by atoms with E-state index in [1.807, 2.05) is 48.5 Å². The summed E-state index contributed by atoms with van der Waals surface area (Å²) in [5, 5.41) is 13.5.